The molecule has 6 nitrogen and oxygen atoms in total. The smallest absolute Gasteiger partial charge is 0.254 e. The summed E-state index contributed by atoms with van der Waals surface area (Å²) in [5.41, 5.74) is 2.50. The van der Waals surface area contributed by atoms with Gasteiger partial charge in [-0.3, -0.25) is 9.59 Å². The molecule has 0 radical (unpaired) electrons. The van der Waals surface area contributed by atoms with Crippen LogP contribution in [0.4, 0.5) is 0 Å². The minimum Gasteiger partial charge on any atom is -0.497 e. The molecule has 0 unspecified atom stereocenters. The lowest BCUT2D eigenvalue weighted by Crippen LogP contribution is -2.52. The van der Waals surface area contributed by atoms with Crippen molar-refractivity contribution in [3.8, 4) is 5.75 Å². The van der Waals surface area contributed by atoms with Crippen LogP contribution >= 0.6 is 0 Å². The van der Waals surface area contributed by atoms with E-state index in [2.05, 4.69) is 29.0 Å². The first-order chi connectivity index (χ1) is 19.0. The molecule has 0 aromatic heterocycles. The summed E-state index contributed by atoms with van der Waals surface area (Å²) in [4.78, 5) is 32.7. The van der Waals surface area contributed by atoms with Gasteiger partial charge in [-0.05, 0) is 73.4 Å². The highest BCUT2D eigenvalue weighted by Gasteiger charge is 2.46. The Hall–Kier alpha value is -2.86. The van der Waals surface area contributed by atoms with Crippen molar-refractivity contribution in [2.45, 2.75) is 76.8 Å². The Morgan fingerprint density at radius 2 is 1.67 bits per heavy atom. The van der Waals surface area contributed by atoms with E-state index >= 15 is 0 Å². The lowest BCUT2D eigenvalue weighted by Gasteiger charge is -2.46. The van der Waals surface area contributed by atoms with Gasteiger partial charge in [0.15, 0.2) is 0 Å². The number of piperidine rings is 1. The number of methoxy groups -OCH3 is 1. The molecular weight excluding hydrogens is 486 g/mol. The van der Waals surface area contributed by atoms with Crippen molar-refractivity contribution < 1.29 is 14.3 Å². The molecule has 1 saturated carbocycles. The predicted octanol–water partition coefficient (Wildman–Crippen LogP) is 5.79. The number of hydrogen-bond acceptors (Lipinski definition) is 4. The first-order valence-corrected chi connectivity index (χ1v) is 15.0. The molecule has 1 aliphatic carbocycles. The summed E-state index contributed by atoms with van der Waals surface area (Å²) in [6.45, 7) is 8.61. The van der Waals surface area contributed by atoms with Crippen LogP contribution in [0.15, 0.2) is 48.5 Å². The van der Waals surface area contributed by atoms with Crippen LogP contribution in [0, 0.1) is 11.8 Å². The van der Waals surface area contributed by atoms with Crippen molar-refractivity contribution in [2.75, 3.05) is 33.3 Å². The Labute approximate surface area is 234 Å². The van der Waals surface area contributed by atoms with Crippen molar-refractivity contribution in [2.24, 2.45) is 11.8 Å². The van der Waals surface area contributed by atoms with E-state index in [-0.39, 0.29) is 23.9 Å². The van der Waals surface area contributed by atoms with Gasteiger partial charge in [-0.25, -0.2) is 0 Å². The summed E-state index contributed by atoms with van der Waals surface area (Å²) < 4.78 is 5.42. The van der Waals surface area contributed by atoms with Crippen LogP contribution in [0.1, 0.15) is 92.2 Å². The van der Waals surface area contributed by atoms with Gasteiger partial charge in [0, 0.05) is 31.2 Å². The highest BCUT2D eigenvalue weighted by Crippen LogP contribution is 2.46. The van der Waals surface area contributed by atoms with Crippen LogP contribution in [0.25, 0.3) is 0 Å². The number of benzene rings is 2. The first-order valence-electron chi connectivity index (χ1n) is 15.0. The summed E-state index contributed by atoms with van der Waals surface area (Å²) >= 11 is 0. The monoisotopic (exact) mass is 531 g/mol. The predicted molar refractivity (Wildman–Crippen MR) is 155 cm³/mol. The van der Waals surface area contributed by atoms with Gasteiger partial charge in [-0.1, -0.05) is 63.4 Å². The molecule has 2 aliphatic heterocycles. The molecule has 2 aromatic carbocycles. The molecule has 3 aliphatic rings. The topological polar surface area (TPSA) is 61.9 Å². The molecule has 2 heterocycles. The summed E-state index contributed by atoms with van der Waals surface area (Å²) in [6, 6.07) is 15.5. The Bertz CT molecular complexity index is 1120. The third-order valence-electron chi connectivity index (χ3n) is 8.98. The molecule has 39 heavy (non-hydrogen) atoms. The van der Waals surface area contributed by atoms with Crippen LogP contribution in [0.3, 0.4) is 0 Å². The Morgan fingerprint density at radius 1 is 0.974 bits per heavy atom. The number of nitrogens with zero attached hydrogens (tertiary/aromatic N) is 2. The van der Waals surface area contributed by atoms with E-state index in [0.29, 0.717) is 12.1 Å². The second-order valence-electron chi connectivity index (χ2n) is 12.1. The molecule has 1 saturated heterocycles. The molecule has 2 amide bonds. The van der Waals surface area contributed by atoms with Gasteiger partial charge in [0.25, 0.3) is 5.91 Å². The van der Waals surface area contributed by atoms with Gasteiger partial charge in [-0.15, -0.1) is 0 Å². The van der Waals surface area contributed by atoms with E-state index in [0.717, 1.165) is 80.5 Å². The van der Waals surface area contributed by atoms with E-state index < -0.39 is 5.92 Å². The molecule has 4 atom stereocenters. The zero-order valence-electron chi connectivity index (χ0n) is 23.9. The molecule has 5 rings (SSSR count). The number of nitrogens with one attached hydrogen (secondary N) is 1. The quantitative estimate of drug-likeness (QED) is 0.438. The van der Waals surface area contributed by atoms with E-state index in [1.165, 1.54) is 12.8 Å². The van der Waals surface area contributed by atoms with Crippen LogP contribution in [-0.4, -0.2) is 60.9 Å². The van der Waals surface area contributed by atoms with Gasteiger partial charge in [-0.2, -0.15) is 0 Å². The molecule has 210 valence electrons. The molecule has 0 spiro atoms. The minimum absolute atomic E-state index is 0.0111. The molecular formula is C33H45N3O3. The molecule has 2 aromatic rings. The number of carbonyl (C=O) groups excluding carboxylic acids is 2. The van der Waals surface area contributed by atoms with Crippen molar-refractivity contribution >= 4 is 11.8 Å². The first kappa shape index (κ1) is 27.7. The number of fused-ring (bicyclic) bond motifs is 1. The van der Waals surface area contributed by atoms with Crippen LogP contribution in [0.5, 0.6) is 5.75 Å². The van der Waals surface area contributed by atoms with Crippen LogP contribution in [-0.2, 0) is 4.79 Å². The Kier molecular flexibility index (Phi) is 8.91. The van der Waals surface area contributed by atoms with Gasteiger partial charge in [0.2, 0.25) is 5.91 Å². The van der Waals surface area contributed by atoms with E-state index in [4.69, 9.17) is 4.74 Å². The average Bonchev–Trinajstić information content (AvgIpc) is 2.95. The molecule has 2 fully saturated rings. The van der Waals surface area contributed by atoms with E-state index in [1.54, 1.807) is 7.11 Å². The molecule has 6 heteroatoms. The lowest BCUT2D eigenvalue weighted by molar-refractivity contribution is -0.124. The average molecular weight is 532 g/mol. The van der Waals surface area contributed by atoms with Crippen molar-refractivity contribution in [3.05, 3.63) is 65.2 Å². The number of likely N-dealkylation sites (tertiary alicyclic amines) is 1. The summed E-state index contributed by atoms with van der Waals surface area (Å²) in [7, 11) is 1.66. The molecule has 0 bridgehead atoms. The number of hydrogen-bond donors (Lipinski definition) is 1. The largest absolute Gasteiger partial charge is 0.497 e. The fourth-order valence-corrected chi connectivity index (χ4v) is 7.35. The fraction of sp³-hybridized carbons (Fsp3) is 0.576. The highest BCUT2D eigenvalue weighted by atomic mass is 16.5. The number of rotatable bonds is 8. The van der Waals surface area contributed by atoms with E-state index in [9.17, 15) is 9.59 Å². The fourth-order valence-electron chi connectivity index (χ4n) is 7.35. The van der Waals surface area contributed by atoms with Crippen molar-refractivity contribution in [3.63, 3.8) is 0 Å². The second-order valence-corrected chi connectivity index (χ2v) is 12.1. The maximum Gasteiger partial charge on any atom is 0.254 e. The third kappa shape index (κ3) is 6.16. The molecule has 1 N–H and O–H groups in total. The summed E-state index contributed by atoms with van der Waals surface area (Å²) in [5.74, 6) is 1.84. The minimum atomic E-state index is -0.454. The van der Waals surface area contributed by atoms with Crippen molar-refractivity contribution in [1.82, 2.24) is 15.1 Å². The normalized spacial score (nSPS) is 26.2. The number of carbonyl (C=O) groups is 2. The maximum absolute atomic E-state index is 14.1. The van der Waals surface area contributed by atoms with Gasteiger partial charge >= 0.3 is 0 Å². The van der Waals surface area contributed by atoms with Crippen molar-refractivity contribution in [1.29, 1.82) is 0 Å². The third-order valence-corrected chi connectivity index (χ3v) is 8.98. The van der Waals surface area contributed by atoms with Gasteiger partial charge in [0.05, 0.1) is 19.1 Å². The Morgan fingerprint density at radius 3 is 2.36 bits per heavy atom. The van der Waals surface area contributed by atoms with Crippen LogP contribution < -0.4 is 10.1 Å². The maximum atomic E-state index is 14.1. The zero-order chi connectivity index (χ0) is 27.4. The highest BCUT2D eigenvalue weighted by molar-refractivity contribution is 6.01. The standard InChI is InChI=1S/C33H45N3O3/c1-23-20-24(2)22-35(21-23)19-9-18-34-32(37)30-28-12-7-8-13-29(28)33(38)36(26-10-5-4-6-11-26)31(30)25-14-16-27(39-3)17-15-25/h7-8,12-17,23-24,26,30-31H,4-6,9-11,18-22H2,1-3H3,(H,34,37)/t23-,24+,30-,31+/m0/s1. The number of ether oxygens (including phenoxy) is 1. The SMILES string of the molecule is COc1ccc([C@@H]2[C@@H](C(=O)NCCCN3C[C@H](C)C[C@H](C)C3)c3ccccc3C(=O)N2C2CCCCC2)cc1. The lowest BCUT2D eigenvalue weighted by atomic mass is 9.77. The van der Waals surface area contributed by atoms with Gasteiger partial charge in [0.1, 0.15) is 5.75 Å². The Balaban J connectivity index is 1.41. The summed E-state index contributed by atoms with van der Waals surface area (Å²) in [5, 5.41) is 3.29. The summed E-state index contributed by atoms with van der Waals surface area (Å²) in [6.07, 6.45) is 7.66. The number of amides is 2. The zero-order valence-corrected chi connectivity index (χ0v) is 23.9. The second kappa shape index (κ2) is 12.5. The van der Waals surface area contributed by atoms with Gasteiger partial charge < -0.3 is 19.9 Å². The van der Waals surface area contributed by atoms with E-state index in [1.807, 2.05) is 48.5 Å². The van der Waals surface area contributed by atoms with Crippen LogP contribution in [0.2, 0.25) is 0 Å².